The van der Waals surface area contributed by atoms with Gasteiger partial charge in [0.25, 0.3) is 0 Å². The summed E-state index contributed by atoms with van der Waals surface area (Å²) in [7, 11) is 0. The van der Waals surface area contributed by atoms with Crippen LogP contribution >= 0.6 is 0 Å². The van der Waals surface area contributed by atoms with E-state index in [1.165, 1.54) is 44.9 Å². The molecule has 0 aromatic heterocycles. The monoisotopic (exact) mass is 268 g/mol. The molecule has 0 bridgehead atoms. The molecule has 1 aliphatic carbocycles. The second kappa shape index (κ2) is 10.4. The third-order valence-electron chi connectivity index (χ3n) is 4.36. The summed E-state index contributed by atoms with van der Waals surface area (Å²) in [6, 6.07) is 0. The fraction of sp³-hybridized carbons (Fsp3) is 0.941. The number of aliphatic hydroxyl groups excluding tert-OH is 1. The lowest BCUT2D eigenvalue weighted by Gasteiger charge is -2.17. The second-order valence-corrected chi connectivity index (χ2v) is 6.31. The van der Waals surface area contributed by atoms with Gasteiger partial charge in [0.1, 0.15) is 5.78 Å². The number of ketones is 1. The first-order valence-electron chi connectivity index (χ1n) is 8.41. The molecule has 0 aliphatic heterocycles. The highest BCUT2D eigenvalue weighted by atomic mass is 16.3. The van der Waals surface area contributed by atoms with Crippen molar-refractivity contribution in [3.05, 3.63) is 0 Å². The van der Waals surface area contributed by atoms with E-state index in [1.54, 1.807) is 0 Å². The SMILES string of the molecule is CC(O)CCCC1CCCCCCCCCCC1=O. The van der Waals surface area contributed by atoms with E-state index in [-0.39, 0.29) is 12.0 Å². The lowest BCUT2D eigenvalue weighted by atomic mass is 9.88. The molecule has 1 rings (SSSR count). The molecule has 1 N–H and O–H groups in total. The Morgan fingerprint density at radius 1 is 1.05 bits per heavy atom. The van der Waals surface area contributed by atoms with Crippen LogP contribution in [0.25, 0.3) is 0 Å². The number of rotatable bonds is 4. The molecule has 2 atom stereocenters. The molecule has 0 spiro atoms. The molecule has 2 nitrogen and oxygen atoms in total. The van der Waals surface area contributed by atoms with Gasteiger partial charge >= 0.3 is 0 Å². The predicted molar refractivity (Wildman–Crippen MR) is 80.2 cm³/mol. The third-order valence-corrected chi connectivity index (χ3v) is 4.36. The molecule has 2 heteroatoms. The summed E-state index contributed by atoms with van der Waals surface area (Å²) >= 11 is 0. The summed E-state index contributed by atoms with van der Waals surface area (Å²) in [4.78, 5) is 12.2. The number of carbonyl (C=O) groups excluding carboxylic acids is 1. The van der Waals surface area contributed by atoms with Crippen LogP contribution in [0.1, 0.15) is 90.4 Å². The van der Waals surface area contributed by atoms with Crippen LogP contribution in [-0.2, 0) is 4.79 Å². The zero-order chi connectivity index (χ0) is 13.9. The van der Waals surface area contributed by atoms with Gasteiger partial charge in [-0.1, -0.05) is 51.4 Å². The van der Waals surface area contributed by atoms with Crippen molar-refractivity contribution < 1.29 is 9.90 Å². The molecule has 0 amide bonds. The molecule has 19 heavy (non-hydrogen) atoms. The van der Waals surface area contributed by atoms with Gasteiger partial charge in [0.15, 0.2) is 0 Å². The summed E-state index contributed by atoms with van der Waals surface area (Å²) in [6.07, 6.45) is 14.7. The van der Waals surface area contributed by atoms with Crippen LogP contribution in [-0.4, -0.2) is 17.0 Å². The first-order chi connectivity index (χ1) is 9.20. The highest BCUT2D eigenvalue weighted by Gasteiger charge is 2.17. The average Bonchev–Trinajstić information content (AvgIpc) is 2.36. The molecule has 112 valence electrons. The summed E-state index contributed by atoms with van der Waals surface area (Å²) in [6.45, 7) is 1.84. The number of hydrogen-bond donors (Lipinski definition) is 1. The Balaban J connectivity index is 2.35. The minimum absolute atomic E-state index is 0.221. The van der Waals surface area contributed by atoms with Crippen LogP contribution in [0.3, 0.4) is 0 Å². The van der Waals surface area contributed by atoms with Gasteiger partial charge in [-0.2, -0.15) is 0 Å². The maximum absolute atomic E-state index is 12.2. The molecule has 0 saturated heterocycles. The van der Waals surface area contributed by atoms with E-state index in [4.69, 9.17) is 0 Å². The molecular weight excluding hydrogens is 236 g/mol. The van der Waals surface area contributed by atoms with E-state index in [2.05, 4.69) is 0 Å². The minimum Gasteiger partial charge on any atom is -0.393 e. The van der Waals surface area contributed by atoms with Crippen LogP contribution in [0, 0.1) is 5.92 Å². The van der Waals surface area contributed by atoms with Crippen molar-refractivity contribution >= 4 is 5.78 Å². The Kier molecular flexibility index (Phi) is 9.15. The topological polar surface area (TPSA) is 37.3 Å². The summed E-state index contributed by atoms with van der Waals surface area (Å²) in [5, 5.41) is 9.31. The quantitative estimate of drug-likeness (QED) is 0.806. The van der Waals surface area contributed by atoms with Crippen molar-refractivity contribution in [1.29, 1.82) is 0 Å². The van der Waals surface area contributed by atoms with E-state index in [0.717, 1.165) is 38.5 Å². The van der Waals surface area contributed by atoms with Gasteiger partial charge in [0.2, 0.25) is 0 Å². The normalized spacial score (nSPS) is 25.4. The Bertz CT molecular complexity index is 235. The Morgan fingerprint density at radius 2 is 1.63 bits per heavy atom. The predicted octanol–water partition coefficient (Wildman–Crippen LogP) is 4.64. The Labute approximate surface area is 119 Å². The van der Waals surface area contributed by atoms with Crippen LogP contribution in [0.4, 0.5) is 0 Å². The molecule has 0 aromatic carbocycles. The average molecular weight is 268 g/mol. The Morgan fingerprint density at radius 3 is 2.26 bits per heavy atom. The molecule has 2 unspecified atom stereocenters. The standard InChI is InChI=1S/C17H32O2/c1-15(18)11-10-13-16-12-8-6-4-2-3-5-7-9-14-17(16)19/h15-16,18H,2-14H2,1H3. The number of hydrogen-bond acceptors (Lipinski definition) is 2. The summed E-state index contributed by atoms with van der Waals surface area (Å²) in [5.41, 5.74) is 0. The largest absolute Gasteiger partial charge is 0.393 e. The van der Waals surface area contributed by atoms with Crippen LogP contribution in [0.15, 0.2) is 0 Å². The van der Waals surface area contributed by atoms with Crippen LogP contribution in [0.5, 0.6) is 0 Å². The van der Waals surface area contributed by atoms with Gasteiger partial charge < -0.3 is 5.11 Å². The molecule has 0 radical (unpaired) electrons. The van der Waals surface area contributed by atoms with Crippen molar-refractivity contribution in [2.45, 2.75) is 96.5 Å². The van der Waals surface area contributed by atoms with Gasteiger partial charge in [-0.25, -0.2) is 0 Å². The van der Waals surface area contributed by atoms with E-state index < -0.39 is 0 Å². The molecule has 0 aromatic rings. The fourth-order valence-electron chi connectivity index (χ4n) is 3.08. The van der Waals surface area contributed by atoms with Crippen molar-refractivity contribution in [2.75, 3.05) is 0 Å². The molecule has 1 saturated carbocycles. The smallest absolute Gasteiger partial charge is 0.135 e. The maximum atomic E-state index is 12.2. The summed E-state index contributed by atoms with van der Waals surface area (Å²) < 4.78 is 0. The van der Waals surface area contributed by atoms with Crippen molar-refractivity contribution in [2.24, 2.45) is 5.92 Å². The van der Waals surface area contributed by atoms with Gasteiger partial charge in [-0.3, -0.25) is 4.79 Å². The van der Waals surface area contributed by atoms with E-state index in [1.807, 2.05) is 6.92 Å². The fourth-order valence-corrected chi connectivity index (χ4v) is 3.08. The van der Waals surface area contributed by atoms with Gasteiger partial charge in [-0.05, 0) is 32.6 Å². The first kappa shape index (κ1) is 16.7. The van der Waals surface area contributed by atoms with Gasteiger partial charge in [0, 0.05) is 12.3 Å². The third kappa shape index (κ3) is 8.41. The zero-order valence-electron chi connectivity index (χ0n) is 12.7. The molecule has 1 aliphatic rings. The second-order valence-electron chi connectivity index (χ2n) is 6.31. The van der Waals surface area contributed by atoms with E-state index in [9.17, 15) is 9.90 Å². The van der Waals surface area contributed by atoms with E-state index in [0.29, 0.717) is 5.78 Å². The van der Waals surface area contributed by atoms with Crippen molar-refractivity contribution in [1.82, 2.24) is 0 Å². The van der Waals surface area contributed by atoms with Gasteiger partial charge in [-0.15, -0.1) is 0 Å². The molecule has 1 fully saturated rings. The minimum atomic E-state index is -0.221. The lowest BCUT2D eigenvalue weighted by molar-refractivity contribution is -0.123. The number of aliphatic hydroxyl groups is 1. The summed E-state index contributed by atoms with van der Waals surface area (Å²) in [5.74, 6) is 0.768. The Hall–Kier alpha value is -0.370. The van der Waals surface area contributed by atoms with Crippen molar-refractivity contribution in [3.8, 4) is 0 Å². The molecule has 0 heterocycles. The number of Topliss-reactive ketones (excluding diaryl/α,β-unsaturated/α-hetero) is 1. The maximum Gasteiger partial charge on any atom is 0.135 e. The van der Waals surface area contributed by atoms with Crippen LogP contribution < -0.4 is 0 Å². The highest BCUT2D eigenvalue weighted by molar-refractivity contribution is 5.80. The zero-order valence-corrected chi connectivity index (χ0v) is 12.7. The highest BCUT2D eigenvalue weighted by Crippen LogP contribution is 2.23. The molecular formula is C17H32O2. The number of carbonyl (C=O) groups is 1. The lowest BCUT2D eigenvalue weighted by Crippen LogP contribution is -2.15. The van der Waals surface area contributed by atoms with Crippen LogP contribution in [0.2, 0.25) is 0 Å². The van der Waals surface area contributed by atoms with Gasteiger partial charge in [0.05, 0.1) is 6.10 Å². The van der Waals surface area contributed by atoms with E-state index >= 15 is 0 Å². The van der Waals surface area contributed by atoms with Crippen molar-refractivity contribution in [3.63, 3.8) is 0 Å². The first-order valence-corrected chi connectivity index (χ1v) is 8.41.